The number of morpholine rings is 1. The van der Waals surface area contributed by atoms with Gasteiger partial charge in [-0.15, -0.1) is 10.2 Å². The standard InChI is InChI=1S/C21H22N6O/c1-25(17-5-3-2-4-6-17)20-18-8-7-16(14-26-9-11-28-12-10-26)13-19(18)27-15-22-24-21(27)23-20/h2-8,13,15H,9-12,14H2,1H3. The van der Waals surface area contributed by atoms with E-state index in [0.29, 0.717) is 5.78 Å². The van der Waals surface area contributed by atoms with Crippen molar-refractivity contribution in [1.82, 2.24) is 24.5 Å². The van der Waals surface area contributed by atoms with E-state index in [0.717, 1.165) is 55.3 Å². The molecule has 0 saturated carbocycles. The van der Waals surface area contributed by atoms with Crippen LogP contribution in [0.5, 0.6) is 0 Å². The topological polar surface area (TPSA) is 58.8 Å². The molecule has 0 N–H and O–H groups in total. The first kappa shape index (κ1) is 17.1. The van der Waals surface area contributed by atoms with Gasteiger partial charge in [-0.3, -0.25) is 9.30 Å². The fourth-order valence-electron chi connectivity index (χ4n) is 3.74. The first-order valence-electron chi connectivity index (χ1n) is 9.51. The minimum atomic E-state index is 0.605. The highest BCUT2D eigenvalue weighted by Gasteiger charge is 2.16. The molecule has 0 bridgehead atoms. The Morgan fingerprint density at radius 2 is 1.89 bits per heavy atom. The quantitative estimate of drug-likeness (QED) is 0.547. The summed E-state index contributed by atoms with van der Waals surface area (Å²) in [4.78, 5) is 9.29. The third-order valence-electron chi connectivity index (χ3n) is 5.27. The first-order valence-corrected chi connectivity index (χ1v) is 9.51. The number of para-hydroxylation sites is 1. The molecule has 2 aromatic heterocycles. The van der Waals surface area contributed by atoms with Crippen molar-refractivity contribution in [2.24, 2.45) is 0 Å². The molecular weight excluding hydrogens is 352 g/mol. The summed E-state index contributed by atoms with van der Waals surface area (Å²) in [6.07, 6.45) is 1.73. The van der Waals surface area contributed by atoms with Gasteiger partial charge in [0.2, 0.25) is 0 Å². The molecule has 7 heteroatoms. The van der Waals surface area contributed by atoms with Crippen LogP contribution in [-0.2, 0) is 11.3 Å². The smallest absolute Gasteiger partial charge is 0.257 e. The van der Waals surface area contributed by atoms with Crippen molar-refractivity contribution < 1.29 is 4.74 Å². The van der Waals surface area contributed by atoms with Crippen LogP contribution in [0.4, 0.5) is 11.5 Å². The van der Waals surface area contributed by atoms with Gasteiger partial charge >= 0.3 is 0 Å². The average molecular weight is 374 g/mol. The highest BCUT2D eigenvalue weighted by molar-refractivity contribution is 5.93. The molecule has 2 aromatic carbocycles. The molecule has 0 aliphatic carbocycles. The Morgan fingerprint density at radius 1 is 1.07 bits per heavy atom. The molecular formula is C21H22N6O. The van der Waals surface area contributed by atoms with Crippen molar-refractivity contribution >= 4 is 28.2 Å². The average Bonchev–Trinajstić information content (AvgIpc) is 3.23. The summed E-state index contributed by atoms with van der Waals surface area (Å²) in [6.45, 7) is 4.46. The Balaban J connectivity index is 1.60. The number of benzene rings is 2. The van der Waals surface area contributed by atoms with Crippen LogP contribution in [0.2, 0.25) is 0 Å². The maximum absolute atomic E-state index is 5.46. The van der Waals surface area contributed by atoms with E-state index in [1.54, 1.807) is 6.33 Å². The van der Waals surface area contributed by atoms with Gasteiger partial charge < -0.3 is 9.64 Å². The SMILES string of the molecule is CN(c1ccccc1)c1nc2nncn2c2cc(CN3CCOCC3)ccc12. The van der Waals surface area contributed by atoms with Gasteiger partial charge in [0.1, 0.15) is 12.1 Å². The predicted molar refractivity (Wildman–Crippen MR) is 109 cm³/mol. The van der Waals surface area contributed by atoms with Crippen LogP contribution >= 0.6 is 0 Å². The molecule has 0 unspecified atom stereocenters. The lowest BCUT2D eigenvalue weighted by Gasteiger charge is -2.26. The molecule has 1 aliphatic rings. The van der Waals surface area contributed by atoms with Crippen LogP contribution in [0.15, 0.2) is 54.9 Å². The number of ether oxygens (including phenoxy) is 1. The van der Waals surface area contributed by atoms with Gasteiger partial charge in [-0.1, -0.05) is 24.3 Å². The monoisotopic (exact) mass is 374 g/mol. The molecule has 0 amide bonds. The van der Waals surface area contributed by atoms with Crippen molar-refractivity contribution in [1.29, 1.82) is 0 Å². The second-order valence-electron chi connectivity index (χ2n) is 7.07. The van der Waals surface area contributed by atoms with Crippen LogP contribution < -0.4 is 4.90 Å². The molecule has 0 spiro atoms. The van der Waals surface area contributed by atoms with Crippen molar-refractivity contribution in [3.05, 3.63) is 60.4 Å². The minimum Gasteiger partial charge on any atom is -0.379 e. The van der Waals surface area contributed by atoms with E-state index in [1.165, 1.54) is 5.56 Å². The van der Waals surface area contributed by atoms with Gasteiger partial charge in [-0.25, -0.2) is 0 Å². The van der Waals surface area contributed by atoms with E-state index in [9.17, 15) is 0 Å². The molecule has 0 atom stereocenters. The molecule has 28 heavy (non-hydrogen) atoms. The fourth-order valence-corrected chi connectivity index (χ4v) is 3.74. The Labute approximate surface area is 163 Å². The lowest BCUT2D eigenvalue weighted by atomic mass is 10.1. The summed E-state index contributed by atoms with van der Waals surface area (Å²) in [5.41, 5.74) is 3.42. The molecule has 7 nitrogen and oxygen atoms in total. The summed E-state index contributed by atoms with van der Waals surface area (Å²) in [5.74, 6) is 1.48. The molecule has 142 valence electrons. The minimum absolute atomic E-state index is 0.605. The van der Waals surface area contributed by atoms with Gasteiger partial charge in [0.05, 0.1) is 18.7 Å². The molecule has 0 radical (unpaired) electrons. The normalized spacial score (nSPS) is 15.3. The molecule has 4 aromatic rings. The van der Waals surface area contributed by atoms with E-state index < -0.39 is 0 Å². The number of rotatable bonds is 4. The van der Waals surface area contributed by atoms with Crippen LogP contribution in [0.1, 0.15) is 5.56 Å². The van der Waals surface area contributed by atoms with Gasteiger partial charge in [0.25, 0.3) is 5.78 Å². The summed E-state index contributed by atoms with van der Waals surface area (Å²) in [7, 11) is 2.03. The van der Waals surface area contributed by atoms with E-state index >= 15 is 0 Å². The number of fused-ring (bicyclic) bond motifs is 3. The Bertz CT molecular complexity index is 1100. The molecule has 3 heterocycles. The molecule has 1 aliphatic heterocycles. The van der Waals surface area contributed by atoms with Gasteiger partial charge in [0.15, 0.2) is 0 Å². The second-order valence-corrected chi connectivity index (χ2v) is 7.07. The molecule has 1 saturated heterocycles. The van der Waals surface area contributed by atoms with E-state index in [4.69, 9.17) is 9.72 Å². The first-order chi connectivity index (χ1) is 13.8. The van der Waals surface area contributed by atoms with Crippen LogP contribution in [0, 0.1) is 0 Å². The van der Waals surface area contributed by atoms with E-state index in [-0.39, 0.29) is 0 Å². The number of hydrogen-bond acceptors (Lipinski definition) is 6. The zero-order chi connectivity index (χ0) is 18.9. The molecule has 5 rings (SSSR count). The summed E-state index contributed by atoms with van der Waals surface area (Å²) >= 11 is 0. The van der Waals surface area contributed by atoms with Gasteiger partial charge in [0, 0.05) is 37.8 Å². The van der Waals surface area contributed by atoms with Crippen molar-refractivity contribution in [2.75, 3.05) is 38.3 Å². The van der Waals surface area contributed by atoms with E-state index in [1.807, 2.05) is 29.6 Å². The maximum atomic E-state index is 5.46. The number of nitrogens with zero attached hydrogens (tertiary/aromatic N) is 6. The second kappa shape index (κ2) is 7.18. The van der Waals surface area contributed by atoms with Crippen LogP contribution in [0.3, 0.4) is 0 Å². The zero-order valence-electron chi connectivity index (χ0n) is 15.8. The maximum Gasteiger partial charge on any atom is 0.257 e. The van der Waals surface area contributed by atoms with Gasteiger partial charge in [-0.05, 0) is 29.8 Å². The highest BCUT2D eigenvalue weighted by Crippen LogP contribution is 2.30. The Kier molecular flexibility index (Phi) is 4.38. The summed E-state index contributed by atoms with van der Waals surface area (Å²) in [6, 6.07) is 16.8. The number of anilines is 2. The largest absolute Gasteiger partial charge is 0.379 e. The summed E-state index contributed by atoms with van der Waals surface area (Å²) < 4.78 is 7.42. The third kappa shape index (κ3) is 3.08. The highest BCUT2D eigenvalue weighted by atomic mass is 16.5. The van der Waals surface area contributed by atoms with Crippen LogP contribution in [-0.4, -0.2) is 57.8 Å². The lowest BCUT2D eigenvalue weighted by Crippen LogP contribution is -2.35. The van der Waals surface area contributed by atoms with Crippen LogP contribution in [0.25, 0.3) is 16.7 Å². The zero-order valence-corrected chi connectivity index (χ0v) is 15.8. The van der Waals surface area contributed by atoms with Crippen molar-refractivity contribution in [3.63, 3.8) is 0 Å². The predicted octanol–water partition coefficient (Wildman–Crippen LogP) is 2.88. The van der Waals surface area contributed by atoms with Gasteiger partial charge in [-0.2, -0.15) is 4.98 Å². The van der Waals surface area contributed by atoms with Crippen molar-refractivity contribution in [3.8, 4) is 0 Å². The molecule has 1 fully saturated rings. The third-order valence-corrected chi connectivity index (χ3v) is 5.27. The number of aromatic nitrogens is 4. The Morgan fingerprint density at radius 3 is 2.71 bits per heavy atom. The van der Waals surface area contributed by atoms with E-state index in [2.05, 4.69) is 50.3 Å². The Hall–Kier alpha value is -3.03. The lowest BCUT2D eigenvalue weighted by molar-refractivity contribution is 0.0342. The summed E-state index contributed by atoms with van der Waals surface area (Å²) in [5, 5.41) is 9.35. The van der Waals surface area contributed by atoms with Crippen molar-refractivity contribution in [2.45, 2.75) is 6.54 Å². The fraction of sp³-hybridized carbons (Fsp3) is 0.286. The number of hydrogen-bond donors (Lipinski definition) is 0.